The molecule has 0 bridgehead atoms. The van der Waals surface area contributed by atoms with Gasteiger partial charge in [0.2, 0.25) is 0 Å². The minimum absolute atomic E-state index is 0.135. The average molecular weight is 256 g/mol. The first-order chi connectivity index (χ1) is 9.33. The minimum Gasteiger partial charge on any atom is -0.357 e. The molecule has 3 rings (SSSR count). The normalized spacial score (nSPS) is 16.6. The van der Waals surface area contributed by atoms with Crippen molar-refractivity contribution in [3.05, 3.63) is 60.0 Å². The Morgan fingerprint density at radius 3 is 2.58 bits per heavy atom. The van der Waals surface area contributed by atoms with E-state index in [1.54, 1.807) is 12.1 Å². The minimum atomic E-state index is -0.135. The van der Waals surface area contributed by atoms with Crippen LogP contribution >= 0.6 is 0 Å². The van der Waals surface area contributed by atoms with Gasteiger partial charge in [0.15, 0.2) is 0 Å². The van der Waals surface area contributed by atoms with Gasteiger partial charge in [-0.15, -0.1) is 0 Å². The lowest BCUT2D eigenvalue weighted by molar-refractivity contribution is 0.499. The first kappa shape index (κ1) is 12.2. The quantitative estimate of drug-likeness (QED) is 0.816. The maximum absolute atomic E-state index is 13.2. The molecule has 0 spiro atoms. The molecule has 0 unspecified atom stereocenters. The highest BCUT2D eigenvalue weighted by Crippen LogP contribution is 2.29. The number of anilines is 1. The van der Waals surface area contributed by atoms with Crippen molar-refractivity contribution in [1.82, 2.24) is 4.98 Å². The predicted molar refractivity (Wildman–Crippen MR) is 74.8 cm³/mol. The summed E-state index contributed by atoms with van der Waals surface area (Å²) in [6.45, 7) is 1.97. The van der Waals surface area contributed by atoms with E-state index < -0.39 is 0 Å². The van der Waals surface area contributed by atoms with Crippen molar-refractivity contribution in [3.8, 4) is 0 Å². The predicted octanol–water partition coefficient (Wildman–Crippen LogP) is 3.60. The van der Waals surface area contributed by atoms with Gasteiger partial charge in [-0.1, -0.05) is 18.2 Å². The zero-order chi connectivity index (χ0) is 13.1. The summed E-state index contributed by atoms with van der Waals surface area (Å²) in [5.41, 5.74) is 1.13. The Hall–Kier alpha value is -1.90. The van der Waals surface area contributed by atoms with Crippen LogP contribution in [0, 0.1) is 5.82 Å². The van der Waals surface area contributed by atoms with Crippen LogP contribution in [0.1, 0.15) is 24.3 Å². The van der Waals surface area contributed by atoms with Crippen molar-refractivity contribution >= 4 is 5.82 Å². The lowest BCUT2D eigenvalue weighted by Crippen LogP contribution is -2.33. The smallest absolute Gasteiger partial charge is 0.128 e. The highest BCUT2D eigenvalue weighted by atomic mass is 19.1. The van der Waals surface area contributed by atoms with E-state index in [-0.39, 0.29) is 5.82 Å². The molecule has 98 valence electrons. The number of nitrogens with zero attached hydrogens (tertiary/aromatic N) is 2. The van der Waals surface area contributed by atoms with Crippen molar-refractivity contribution in [2.24, 2.45) is 0 Å². The fraction of sp³-hybridized carbons (Fsp3) is 0.312. The first-order valence-corrected chi connectivity index (χ1v) is 6.74. The Morgan fingerprint density at radius 2 is 1.89 bits per heavy atom. The van der Waals surface area contributed by atoms with Crippen molar-refractivity contribution in [2.75, 3.05) is 18.0 Å². The van der Waals surface area contributed by atoms with Gasteiger partial charge in [-0.05, 0) is 48.6 Å². The second-order valence-electron chi connectivity index (χ2n) is 5.00. The maximum Gasteiger partial charge on any atom is 0.128 e. The summed E-state index contributed by atoms with van der Waals surface area (Å²) < 4.78 is 13.2. The number of piperidine rings is 1. The summed E-state index contributed by atoms with van der Waals surface area (Å²) in [5, 5.41) is 0. The second kappa shape index (κ2) is 5.39. The second-order valence-corrected chi connectivity index (χ2v) is 5.00. The van der Waals surface area contributed by atoms with Crippen molar-refractivity contribution in [2.45, 2.75) is 18.8 Å². The van der Waals surface area contributed by atoms with Gasteiger partial charge in [0, 0.05) is 19.3 Å². The highest BCUT2D eigenvalue weighted by Gasteiger charge is 2.21. The van der Waals surface area contributed by atoms with Gasteiger partial charge in [0.05, 0.1) is 0 Å². The van der Waals surface area contributed by atoms with Crippen LogP contribution in [0.5, 0.6) is 0 Å². The molecule has 2 aromatic rings. The standard InChI is InChI=1S/C16H17FN2/c17-15-5-3-4-14(12-15)13-7-10-19(11-8-13)16-6-1-2-9-18-16/h1-6,9,12-13H,7-8,10-11H2. The molecule has 0 saturated carbocycles. The summed E-state index contributed by atoms with van der Waals surface area (Å²) in [6.07, 6.45) is 3.94. The molecule has 1 aromatic carbocycles. The molecule has 1 fully saturated rings. The van der Waals surface area contributed by atoms with E-state index in [9.17, 15) is 4.39 Å². The molecule has 1 saturated heterocycles. The molecule has 2 heterocycles. The number of halogens is 1. The maximum atomic E-state index is 13.2. The number of benzene rings is 1. The van der Waals surface area contributed by atoms with Gasteiger partial charge in [-0.25, -0.2) is 9.37 Å². The van der Waals surface area contributed by atoms with E-state index in [0.717, 1.165) is 37.3 Å². The summed E-state index contributed by atoms with van der Waals surface area (Å²) in [4.78, 5) is 6.68. The van der Waals surface area contributed by atoms with E-state index in [0.29, 0.717) is 5.92 Å². The third-order valence-corrected chi connectivity index (χ3v) is 3.79. The monoisotopic (exact) mass is 256 g/mol. The fourth-order valence-corrected chi connectivity index (χ4v) is 2.74. The zero-order valence-electron chi connectivity index (χ0n) is 10.8. The Bertz CT molecular complexity index is 533. The number of aromatic nitrogens is 1. The van der Waals surface area contributed by atoms with Crippen LogP contribution in [0.25, 0.3) is 0 Å². The molecule has 3 heteroatoms. The zero-order valence-corrected chi connectivity index (χ0v) is 10.8. The number of hydrogen-bond donors (Lipinski definition) is 0. The van der Waals surface area contributed by atoms with Crippen LogP contribution in [0.2, 0.25) is 0 Å². The summed E-state index contributed by atoms with van der Waals surface area (Å²) in [6, 6.07) is 13.0. The Labute approximate surface area is 112 Å². The van der Waals surface area contributed by atoms with Gasteiger partial charge in [0.1, 0.15) is 11.6 Å². The van der Waals surface area contributed by atoms with Crippen LogP contribution in [-0.4, -0.2) is 18.1 Å². The van der Waals surface area contributed by atoms with Crippen molar-refractivity contribution < 1.29 is 4.39 Å². The third kappa shape index (κ3) is 2.75. The molecular formula is C16H17FN2. The van der Waals surface area contributed by atoms with Crippen LogP contribution in [0.4, 0.5) is 10.2 Å². The van der Waals surface area contributed by atoms with Gasteiger partial charge in [0.25, 0.3) is 0 Å². The molecule has 0 radical (unpaired) electrons. The summed E-state index contributed by atoms with van der Waals surface area (Å²) >= 11 is 0. The highest BCUT2D eigenvalue weighted by molar-refractivity contribution is 5.38. The molecule has 0 amide bonds. The van der Waals surface area contributed by atoms with Crippen LogP contribution in [0.3, 0.4) is 0 Å². The molecule has 0 aliphatic carbocycles. The summed E-state index contributed by atoms with van der Waals surface area (Å²) in [5.74, 6) is 1.38. The molecule has 0 N–H and O–H groups in total. The molecule has 1 aliphatic heterocycles. The number of hydrogen-bond acceptors (Lipinski definition) is 2. The van der Waals surface area contributed by atoms with E-state index in [4.69, 9.17) is 0 Å². The SMILES string of the molecule is Fc1cccc(C2CCN(c3ccccn3)CC2)c1. The molecular weight excluding hydrogens is 239 g/mol. The molecule has 1 aromatic heterocycles. The van der Waals surface area contributed by atoms with Gasteiger partial charge in [-0.3, -0.25) is 0 Å². The topological polar surface area (TPSA) is 16.1 Å². The lowest BCUT2D eigenvalue weighted by atomic mass is 9.89. The first-order valence-electron chi connectivity index (χ1n) is 6.74. The third-order valence-electron chi connectivity index (χ3n) is 3.79. The summed E-state index contributed by atoms with van der Waals surface area (Å²) in [7, 11) is 0. The Kier molecular flexibility index (Phi) is 3.45. The van der Waals surface area contributed by atoms with E-state index in [1.165, 1.54) is 6.07 Å². The van der Waals surface area contributed by atoms with Crippen molar-refractivity contribution in [3.63, 3.8) is 0 Å². The van der Waals surface area contributed by atoms with Gasteiger partial charge < -0.3 is 4.90 Å². The molecule has 2 nitrogen and oxygen atoms in total. The lowest BCUT2D eigenvalue weighted by Gasteiger charge is -2.33. The van der Waals surface area contributed by atoms with Crippen LogP contribution in [-0.2, 0) is 0 Å². The molecule has 0 atom stereocenters. The largest absolute Gasteiger partial charge is 0.357 e. The van der Waals surface area contributed by atoms with Gasteiger partial charge in [-0.2, -0.15) is 0 Å². The van der Waals surface area contributed by atoms with Crippen molar-refractivity contribution in [1.29, 1.82) is 0 Å². The number of rotatable bonds is 2. The van der Waals surface area contributed by atoms with Crippen LogP contribution in [0.15, 0.2) is 48.7 Å². The Morgan fingerprint density at radius 1 is 1.05 bits per heavy atom. The fourth-order valence-electron chi connectivity index (χ4n) is 2.74. The average Bonchev–Trinajstić information content (AvgIpc) is 2.48. The molecule has 1 aliphatic rings. The van der Waals surface area contributed by atoms with Crippen LogP contribution < -0.4 is 4.90 Å². The van der Waals surface area contributed by atoms with E-state index >= 15 is 0 Å². The van der Waals surface area contributed by atoms with Gasteiger partial charge >= 0.3 is 0 Å². The molecule has 19 heavy (non-hydrogen) atoms. The number of pyridine rings is 1. The van der Waals surface area contributed by atoms with E-state index in [1.807, 2.05) is 30.5 Å². The Balaban J connectivity index is 1.67. The van der Waals surface area contributed by atoms with E-state index in [2.05, 4.69) is 9.88 Å².